The Labute approximate surface area is 113 Å². The molecule has 0 spiro atoms. The van der Waals surface area contributed by atoms with Gasteiger partial charge in [0.1, 0.15) is 5.75 Å². The van der Waals surface area contributed by atoms with Gasteiger partial charge in [0.2, 0.25) is 0 Å². The molecule has 0 fully saturated rings. The molecular formula is C16H18FNO. The van der Waals surface area contributed by atoms with Crippen LogP contribution in [-0.2, 0) is 6.42 Å². The van der Waals surface area contributed by atoms with Crippen molar-refractivity contribution in [2.75, 3.05) is 0 Å². The fourth-order valence-electron chi connectivity index (χ4n) is 1.80. The number of ether oxygens (including phenoxy) is 1. The molecule has 0 radical (unpaired) electrons. The van der Waals surface area contributed by atoms with E-state index in [4.69, 9.17) is 10.5 Å². The summed E-state index contributed by atoms with van der Waals surface area (Å²) in [6.45, 7) is 3.90. The summed E-state index contributed by atoms with van der Waals surface area (Å²) in [5.41, 5.74) is 7.69. The molecule has 0 saturated carbocycles. The first-order valence-electron chi connectivity index (χ1n) is 6.42. The highest BCUT2D eigenvalue weighted by Crippen LogP contribution is 2.26. The Kier molecular flexibility index (Phi) is 4.17. The average Bonchev–Trinajstić information content (AvgIpc) is 2.41. The molecule has 0 bridgehead atoms. The highest BCUT2D eigenvalue weighted by atomic mass is 19.1. The number of hydrogen-bond donors (Lipinski definition) is 1. The summed E-state index contributed by atoms with van der Waals surface area (Å²) in [5.74, 6) is 0.452. The van der Waals surface area contributed by atoms with Crippen molar-refractivity contribution in [2.45, 2.75) is 26.3 Å². The molecule has 2 aromatic carbocycles. The van der Waals surface area contributed by atoms with Crippen LogP contribution in [-0.4, -0.2) is 0 Å². The number of benzene rings is 2. The van der Waals surface area contributed by atoms with Gasteiger partial charge in [0.15, 0.2) is 11.6 Å². The lowest BCUT2D eigenvalue weighted by Gasteiger charge is -2.10. The lowest BCUT2D eigenvalue weighted by atomic mass is 10.1. The van der Waals surface area contributed by atoms with Gasteiger partial charge in [0.05, 0.1) is 0 Å². The summed E-state index contributed by atoms with van der Waals surface area (Å²) >= 11 is 0. The van der Waals surface area contributed by atoms with Crippen LogP contribution in [0.1, 0.15) is 31.0 Å². The van der Waals surface area contributed by atoms with Crippen LogP contribution in [0.3, 0.4) is 0 Å². The van der Waals surface area contributed by atoms with E-state index in [1.54, 1.807) is 12.1 Å². The quantitative estimate of drug-likeness (QED) is 0.893. The first-order chi connectivity index (χ1) is 9.10. The Bertz CT molecular complexity index is 549. The van der Waals surface area contributed by atoms with Crippen LogP contribution in [0, 0.1) is 5.82 Å². The van der Waals surface area contributed by atoms with Crippen LogP contribution in [0.4, 0.5) is 4.39 Å². The van der Waals surface area contributed by atoms with Gasteiger partial charge in [0.25, 0.3) is 0 Å². The van der Waals surface area contributed by atoms with Gasteiger partial charge in [-0.15, -0.1) is 0 Å². The molecule has 2 N–H and O–H groups in total. The zero-order valence-corrected chi connectivity index (χ0v) is 11.2. The van der Waals surface area contributed by atoms with Crippen LogP contribution in [0.15, 0.2) is 42.5 Å². The molecule has 0 aliphatic carbocycles. The zero-order valence-electron chi connectivity index (χ0n) is 11.2. The van der Waals surface area contributed by atoms with E-state index >= 15 is 0 Å². The van der Waals surface area contributed by atoms with E-state index in [0.717, 1.165) is 12.0 Å². The van der Waals surface area contributed by atoms with E-state index in [-0.39, 0.29) is 11.8 Å². The number of nitrogens with two attached hydrogens (primary N) is 1. The van der Waals surface area contributed by atoms with Gasteiger partial charge in [-0.3, -0.25) is 0 Å². The molecule has 100 valence electrons. The van der Waals surface area contributed by atoms with E-state index in [9.17, 15) is 4.39 Å². The molecule has 0 aromatic heterocycles. The standard InChI is InChI=1S/C16H18FNO/c1-3-12-4-7-14(8-5-12)19-16-9-6-13(11(2)18)10-15(16)17/h4-11H,3,18H2,1-2H3/t11-/m0/s1. The Hall–Kier alpha value is -1.87. The third kappa shape index (κ3) is 3.32. The predicted molar refractivity (Wildman–Crippen MR) is 74.9 cm³/mol. The Balaban J connectivity index is 2.18. The second kappa shape index (κ2) is 5.85. The van der Waals surface area contributed by atoms with Crippen molar-refractivity contribution in [1.82, 2.24) is 0 Å². The number of aryl methyl sites for hydroxylation is 1. The van der Waals surface area contributed by atoms with Crippen LogP contribution in [0.2, 0.25) is 0 Å². The Morgan fingerprint density at radius 2 is 1.84 bits per heavy atom. The van der Waals surface area contributed by atoms with Crippen molar-refractivity contribution in [3.63, 3.8) is 0 Å². The fraction of sp³-hybridized carbons (Fsp3) is 0.250. The SMILES string of the molecule is CCc1ccc(Oc2ccc([C@H](C)N)cc2F)cc1. The summed E-state index contributed by atoms with van der Waals surface area (Å²) in [6, 6.07) is 12.3. The van der Waals surface area contributed by atoms with E-state index in [2.05, 4.69) is 6.92 Å². The number of hydrogen-bond acceptors (Lipinski definition) is 2. The minimum absolute atomic E-state index is 0.188. The van der Waals surface area contributed by atoms with Crippen LogP contribution < -0.4 is 10.5 Å². The Morgan fingerprint density at radius 1 is 1.16 bits per heavy atom. The Morgan fingerprint density at radius 3 is 2.37 bits per heavy atom. The maximum atomic E-state index is 13.9. The highest BCUT2D eigenvalue weighted by Gasteiger charge is 2.08. The molecule has 2 rings (SSSR count). The topological polar surface area (TPSA) is 35.2 Å². The summed E-state index contributed by atoms with van der Waals surface area (Å²) in [7, 11) is 0. The lowest BCUT2D eigenvalue weighted by Crippen LogP contribution is -2.05. The molecule has 1 atom stereocenters. The molecule has 0 aliphatic rings. The van der Waals surface area contributed by atoms with E-state index in [1.807, 2.05) is 31.2 Å². The largest absolute Gasteiger partial charge is 0.454 e. The first-order valence-corrected chi connectivity index (χ1v) is 6.42. The summed E-state index contributed by atoms with van der Waals surface area (Å²) < 4.78 is 19.4. The normalized spacial score (nSPS) is 12.2. The molecule has 0 aliphatic heterocycles. The van der Waals surface area contributed by atoms with Crippen molar-refractivity contribution in [1.29, 1.82) is 0 Å². The van der Waals surface area contributed by atoms with Gasteiger partial charge >= 0.3 is 0 Å². The van der Waals surface area contributed by atoms with Crippen molar-refractivity contribution in [3.05, 3.63) is 59.4 Å². The predicted octanol–water partition coefficient (Wildman–Crippen LogP) is 4.20. The van der Waals surface area contributed by atoms with Crippen molar-refractivity contribution in [2.24, 2.45) is 5.73 Å². The van der Waals surface area contributed by atoms with Gasteiger partial charge in [-0.1, -0.05) is 25.1 Å². The van der Waals surface area contributed by atoms with Gasteiger partial charge in [0, 0.05) is 6.04 Å². The third-order valence-electron chi connectivity index (χ3n) is 3.04. The van der Waals surface area contributed by atoms with Gasteiger partial charge in [-0.05, 0) is 48.7 Å². The summed E-state index contributed by atoms with van der Waals surface area (Å²) in [5, 5.41) is 0. The van der Waals surface area contributed by atoms with E-state index in [0.29, 0.717) is 5.75 Å². The maximum absolute atomic E-state index is 13.9. The minimum atomic E-state index is -0.394. The van der Waals surface area contributed by atoms with Crippen LogP contribution in [0.25, 0.3) is 0 Å². The molecule has 0 amide bonds. The van der Waals surface area contributed by atoms with Crippen LogP contribution in [0.5, 0.6) is 11.5 Å². The monoisotopic (exact) mass is 259 g/mol. The van der Waals surface area contributed by atoms with Crippen LogP contribution >= 0.6 is 0 Å². The number of rotatable bonds is 4. The molecule has 0 heterocycles. The zero-order chi connectivity index (χ0) is 13.8. The third-order valence-corrected chi connectivity index (χ3v) is 3.04. The fourth-order valence-corrected chi connectivity index (χ4v) is 1.80. The van der Waals surface area contributed by atoms with Crippen molar-refractivity contribution >= 4 is 0 Å². The van der Waals surface area contributed by atoms with E-state index in [1.165, 1.54) is 11.6 Å². The number of halogens is 1. The second-order valence-corrected chi connectivity index (χ2v) is 4.58. The molecule has 0 saturated heterocycles. The molecule has 19 heavy (non-hydrogen) atoms. The molecule has 2 nitrogen and oxygen atoms in total. The summed E-state index contributed by atoms with van der Waals surface area (Å²) in [6.07, 6.45) is 0.970. The molecule has 0 unspecified atom stereocenters. The van der Waals surface area contributed by atoms with Crippen molar-refractivity contribution in [3.8, 4) is 11.5 Å². The molecule has 2 aromatic rings. The first kappa shape index (κ1) is 13.6. The minimum Gasteiger partial charge on any atom is -0.454 e. The maximum Gasteiger partial charge on any atom is 0.166 e. The summed E-state index contributed by atoms with van der Waals surface area (Å²) in [4.78, 5) is 0. The average molecular weight is 259 g/mol. The highest BCUT2D eigenvalue weighted by molar-refractivity contribution is 5.36. The molecular weight excluding hydrogens is 241 g/mol. The van der Waals surface area contributed by atoms with Gasteiger partial charge in [-0.25, -0.2) is 4.39 Å². The van der Waals surface area contributed by atoms with Gasteiger partial charge in [-0.2, -0.15) is 0 Å². The lowest BCUT2D eigenvalue weighted by molar-refractivity contribution is 0.441. The smallest absolute Gasteiger partial charge is 0.166 e. The second-order valence-electron chi connectivity index (χ2n) is 4.58. The molecule has 3 heteroatoms. The van der Waals surface area contributed by atoms with Gasteiger partial charge < -0.3 is 10.5 Å². The van der Waals surface area contributed by atoms with E-state index < -0.39 is 5.82 Å². The van der Waals surface area contributed by atoms with Crippen molar-refractivity contribution < 1.29 is 9.13 Å².